The molecule has 0 unspecified atom stereocenters. The highest BCUT2D eigenvalue weighted by molar-refractivity contribution is 6.31. The van der Waals surface area contributed by atoms with Gasteiger partial charge in [-0.25, -0.2) is 5.43 Å². The molecular formula is C20H22ClN3O3. The van der Waals surface area contributed by atoms with Gasteiger partial charge in [0.15, 0.2) is 0 Å². The number of halogens is 1. The topological polar surface area (TPSA) is 83.7 Å². The SMILES string of the molecule is Cc1ccc(/C=N/NC(=O)c2cc(Cl)ccc2C(=O)NC2CCCCC2)o1. The molecule has 1 aliphatic rings. The van der Waals surface area contributed by atoms with Crippen LogP contribution in [0.25, 0.3) is 0 Å². The molecule has 1 heterocycles. The van der Waals surface area contributed by atoms with E-state index in [0.29, 0.717) is 10.8 Å². The molecule has 2 N–H and O–H groups in total. The summed E-state index contributed by atoms with van der Waals surface area (Å²) in [4.78, 5) is 25.2. The van der Waals surface area contributed by atoms with Crippen molar-refractivity contribution in [2.24, 2.45) is 5.10 Å². The van der Waals surface area contributed by atoms with Gasteiger partial charge in [-0.3, -0.25) is 9.59 Å². The van der Waals surface area contributed by atoms with Gasteiger partial charge in [0.2, 0.25) is 0 Å². The summed E-state index contributed by atoms with van der Waals surface area (Å²) in [6, 6.07) is 8.33. The summed E-state index contributed by atoms with van der Waals surface area (Å²) in [5.74, 6) is 0.494. The summed E-state index contributed by atoms with van der Waals surface area (Å²) in [7, 11) is 0. The lowest BCUT2D eigenvalue weighted by atomic mass is 9.95. The number of rotatable bonds is 5. The van der Waals surface area contributed by atoms with Crippen LogP contribution in [0.15, 0.2) is 39.9 Å². The Morgan fingerprint density at radius 2 is 1.89 bits per heavy atom. The van der Waals surface area contributed by atoms with Crippen molar-refractivity contribution in [3.63, 3.8) is 0 Å². The van der Waals surface area contributed by atoms with Gasteiger partial charge in [0.25, 0.3) is 11.8 Å². The van der Waals surface area contributed by atoms with Crippen molar-refractivity contribution in [2.75, 3.05) is 0 Å². The first kappa shape index (κ1) is 19.2. The summed E-state index contributed by atoms with van der Waals surface area (Å²) < 4.78 is 5.35. The molecule has 0 aliphatic heterocycles. The van der Waals surface area contributed by atoms with Crippen LogP contribution in [0.2, 0.25) is 5.02 Å². The van der Waals surface area contributed by atoms with Crippen LogP contribution in [0.4, 0.5) is 0 Å². The van der Waals surface area contributed by atoms with Gasteiger partial charge >= 0.3 is 0 Å². The van der Waals surface area contributed by atoms with Gasteiger partial charge in [0.1, 0.15) is 11.5 Å². The smallest absolute Gasteiger partial charge is 0.272 e. The fourth-order valence-electron chi connectivity index (χ4n) is 3.15. The first-order chi connectivity index (χ1) is 13.0. The molecule has 0 spiro atoms. The van der Waals surface area contributed by atoms with Gasteiger partial charge in [-0.1, -0.05) is 30.9 Å². The second-order valence-electron chi connectivity index (χ2n) is 6.65. The minimum atomic E-state index is -0.508. The number of carbonyl (C=O) groups excluding carboxylic acids is 2. The molecule has 0 saturated heterocycles. The van der Waals surface area contributed by atoms with Crippen molar-refractivity contribution >= 4 is 29.6 Å². The highest BCUT2D eigenvalue weighted by atomic mass is 35.5. The highest BCUT2D eigenvalue weighted by Gasteiger charge is 2.21. The summed E-state index contributed by atoms with van der Waals surface area (Å²) in [6.45, 7) is 1.82. The van der Waals surface area contributed by atoms with Crippen molar-refractivity contribution < 1.29 is 14.0 Å². The molecule has 0 radical (unpaired) electrons. The molecule has 2 aromatic rings. The van der Waals surface area contributed by atoms with E-state index in [4.69, 9.17) is 16.0 Å². The molecule has 1 aromatic heterocycles. The lowest BCUT2D eigenvalue weighted by Gasteiger charge is -2.23. The maximum atomic E-state index is 12.7. The van der Waals surface area contributed by atoms with Crippen molar-refractivity contribution in [1.82, 2.24) is 10.7 Å². The zero-order chi connectivity index (χ0) is 19.2. The summed E-state index contributed by atoms with van der Waals surface area (Å²) in [5, 5.41) is 7.28. The van der Waals surface area contributed by atoms with Crippen molar-refractivity contribution in [2.45, 2.75) is 45.1 Å². The number of hydrogen-bond donors (Lipinski definition) is 2. The zero-order valence-electron chi connectivity index (χ0n) is 15.1. The molecule has 1 aromatic carbocycles. The van der Waals surface area contributed by atoms with Gasteiger partial charge < -0.3 is 9.73 Å². The number of nitrogens with one attached hydrogen (secondary N) is 2. The maximum absolute atomic E-state index is 12.7. The molecule has 7 heteroatoms. The Hall–Kier alpha value is -2.60. The Morgan fingerprint density at radius 1 is 1.11 bits per heavy atom. The minimum absolute atomic E-state index is 0.151. The van der Waals surface area contributed by atoms with E-state index in [1.807, 2.05) is 6.92 Å². The summed E-state index contributed by atoms with van der Waals surface area (Å²) >= 11 is 6.03. The van der Waals surface area contributed by atoms with Crippen LogP contribution in [-0.2, 0) is 0 Å². The Balaban J connectivity index is 1.71. The lowest BCUT2D eigenvalue weighted by Crippen LogP contribution is -2.37. The molecule has 3 rings (SSSR count). The van der Waals surface area contributed by atoms with Crippen molar-refractivity contribution in [3.8, 4) is 0 Å². The average molecular weight is 388 g/mol. The largest absolute Gasteiger partial charge is 0.460 e. The first-order valence-electron chi connectivity index (χ1n) is 9.03. The van der Waals surface area contributed by atoms with E-state index in [1.165, 1.54) is 18.7 Å². The van der Waals surface area contributed by atoms with Gasteiger partial charge in [0, 0.05) is 11.1 Å². The van der Waals surface area contributed by atoms with E-state index in [9.17, 15) is 9.59 Å². The molecule has 6 nitrogen and oxygen atoms in total. The van der Waals surface area contributed by atoms with E-state index in [1.54, 1.807) is 24.3 Å². The first-order valence-corrected chi connectivity index (χ1v) is 9.41. The minimum Gasteiger partial charge on any atom is -0.460 e. The molecule has 1 fully saturated rings. The Labute approximate surface area is 163 Å². The van der Waals surface area contributed by atoms with Crippen LogP contribution in [-0.4, -0.2) is 24.1 Å². The van der Waals surface area contributed by atoms with Crippen molar-refractivity contribution in [3.05, 3.63) is 58.0 Å². The third-order valence-electron chi connectivity index (χ3n) is 4.53. The maximum Gasteiger partial charge on any atom is 0.272 e. The van der Waals surface area contributed by atoms with Gasteiger partial charge in [-0.2, -0.15) is 5.10 Å². The second kappa shape index (κ2) is 8.86. The highest BCUT2D eigenvalue weighted by Crippen LogP contribution is 2.20. The third kappa shape index (κ3) is 5.20. The van der Waals surface area contributed by atoms with Crippen LogP contribution >= 0.6 is 11.6 Å². The standard InChI is InChI=1S/C20H22ClN3O3/c1-13-7-9-16(27-13)12-22-24-20(26)18-11-14(21)8-10-17(18)19(25)23-15-5-3-2-4-6-15/h7-12,15H,2-6H2,1H3,(H,23,25)(H,24,26)/b22-12+. The number of aryl methyl sites for hydroxylation is 1. The molecule has 0 bridgehead atoms. The number of carbonyl (C=O) groups is 2. The Morgan fingerprint density at radius 3 is 2.59 bits per heavy atom. The molecular weight excluding hydrogens is 366 g/mol. The normalized spacial score (nSPS) is 15.0. The van der Waals surface area contributed by atoms with E-state index in [0.717, 1.165) is 31.4 Å². The lowest BCUT2D eigenvalue weighted by molar-refractivity contribution is 0.0904. The van der Waals surface area contributed by atoms with Crippen LogP contribution in [0.3, 0.4) is 0 Å². The predicted molar refractivity (Wildman–Crippen MR) is 104 cm³/mol. The second-order valence-corrected chi connectivity index (χ2v) is 7.08. The molecule has 1 aliphatic carbocycles. The zero-order valence-corrected chi connectivity index (χ0v) is 15.9. The van der Waals surface area contributed by atoms with Gasteiger partial charge in [-0.05, 0) is 50.1 Å². The molecule has 142 valence electrons. The van der Waals surface area contributed by atoms with Gasteiger partial charge in [0.05, 0.1) is 17.3 Å². The molecule has 27 heavy (non-hydrogen) atoms. The van der Waals surface area contributed by atoms with Crippen LogP contribution in [0.5, 0.6) is 0 Å². The number of furan rings is 1. The Kier molecular flexibility index (Phi) is 6.29. The molecule has 0 atom stereocenters. The summed E-state index contributed by atoms with van der Waals surface area (Å²) in [6.07, 6.45) is 6.76. The number of hydrogen-bond acceptors (Lipinski definition) is 4. The molecule has 1 saturated carbocycles. The quantitative estimate of drug-likeness (QED) is 0.599. The third-order valence-corrected chi connectivity index (χ3v) is 4.77. The van der Waals surface area contributed by atoms with Crippen molar-refractivity contribution in [1.29, 1.82) is 0 Å². The van der Waals surface area contributed by atoms with E-state index in [2.05, 4.69) is 15.8 Å². The van der Waals surface area contributed by atoms with E-state index < -0.39 is 5.91 Å². The molecule has 2 amide bonds. The monoisotopic (exact) mass is 387 g/mol. The number of amides is 2. The average Bonchev–Trinajstić information content (AvgIpc) is 3.07. The van der Waals surface area contributed by atoms with Crippen LogP contribution < -0.4 is 10.7 Å². The number of nitrogens with zero attached hydrogens (tertiary/aromatic N) is 1. The fourth-order valence-corrected chi connectivity index (χ4v) is 3.32. The van der Waals surface area contributed by atoms with E-state index >= 15 is 0 Å². The fraction of sp³-hybridized carbons (Fsp3) is 0.350. The number of benzene rings is 1. The van der Waals surface area contributed by atoms with E-state index in [-0.39, 0.29) is 23.1 Å². The Bertz CT molecular complexity index is 854. The van der Waals surface area contributed by atoms with Crippen LogP contribution in [0, 0.1) is 6.92 Å². The predicted octanol–water partition coefficient (Wildman–Crippen LogP) is 4.07. The van der Waals surface area contributed by atoms with Gasteiger partial charge in [-0.15, -0.1) is 0 Å². The summed E-state index contributed by atoms with van der Waals surface area (Å²) in [5.41, 5.74) is 2.88. The van der Waals surface area contributed by atoms with Crippen LogP contribution in [0.1, 0.15) is 64.3 Å². The number of hydrazone groups is 1.